The van der Waals surface area contributed by atoms with Crippen LogP contribution < -0.4 is 10.5 Å². The summed E-state index contributed by atoms with van der Waals surface area (Å²) in [6.07, 6.45) is 0.698. The van der Waals surface area contributed by atoms with Gasteiger partial charge in [0.05, 0.1) is 7.11 Å². The molecule has 0 amide bonds. The number of hydrogen-bond acceptors (Lipinski definition) is 1. The van der Waals surface area contributed by atoms with Gasteiger partial charge < -0.3 is 4.74 Å². The summed E-state index contributed by atoms with van der Waals surface area (Å²) in [4.78, 5) is 0. The van der Waals surface area contributed by atoms with Gasteiger partial charge in [-0.25, -0.2) is 0 Å². The highest BCUT2D eigenvalue weighted by Crippen LogP contribution is 2.12. The molecule has 1 aromatic carbocycles. The third-order valence-corrected chi connectivity index (χ3v) is 1.69. The number of ether oxygens (including phenoxy) is 1. The van der Waals surface area contributed by atoms with Crippen LogP contribution in [-0.2, 0) is 6.42 Å². The second-order valence-electron chi connectivity index (χ2n) is 2.90. The predicted octanol–water partition coefficient (Wildman–Crippen LogP) is 1.69. The third kappa shape index (κ3) is 2.55. The van der Waals surface area contributed by atoms with Crippen LogP contribution in [-0.4, -0.2) is 13.2 Å². The Morgan fingerprint density at radius 1 is 1.33 bits per heavy atom. The third-order valence-electron chi connectivity index (χ3n) is 1.69. The molecule has 0 aliphatic rings. The predicted molar refractivity (Wildman–Crippen MR) is 48.3 cm³/mol. The van der Waals surface area contributed by atoms with Crippen LogP contribution in [0.3, 0.4) is 0 Å². The molecule has 2 nitrogen and oxygen atoms in total. The molecular formula is C10H13NO. The summed E-state index contributed by atoms with van der Waals surface area (Å²) in [5.74, 6) is 0.851. The highest BCUT2D eigenvalue weighted by Gasteiger charge is 1.98. The largest absolute Gasteiger partial charge is 0.497 e. The van der Waals surface area contributed by atoms with Crippen molar-refractivity contribution in [3.63, 3.8) is 0 Å². The van der Waals surface area contributed by atoms with E-state index in [2.05, 4.69) is 0 Å². The lowest BCUT2D eigenvalue weighted by Gasteiger charge is -2.04. The highest BCUT2D eigenvalue weighted by atomic mass is 16.5. The van der Waals surface area contributed by atoms with Gasteiger partial charge in [-0.15, -0.1) is 5.73 Å². The second-order valence-corrected chi connectivity index (χ2v) is 2.90. The van der Waals surface area contributed by atoms with Gasteiger partial charge in [-0.2, -0.15) is 0 Å². The lowest BCUT2D eigenvalue weighted by atomic mass is 10.1. The van der Waals surface area contributed by atoms with Crippen LogP contribution in [0.4, 0.5) is 0 Å². The maximum atomic E-state index is 9.10. The lowest BCUT2D eigenvalue weighted by Crippen LogP contribution is -2.06. The molecule has 0 N–H and O–H groups in total. The maximum Gasteiger partial charge on any atom is 0.118 e. The van der Waals surface area contributed by atoms with Crippen molar-refractivity contribution >= 4 is 0 Å². The molecule has 1 atom stereocenters. The molecule has 0 bridgehead atoms. The number of methoxy groups -OCH3 is 1. The van der Waals surface area contributed by atoms with Gasteiger partial charge in [-0.1, -0.05) is 12.1 Å². The molecule has 0 saturated carbocycles. The Morgan fingerprint density at radius 2 is 1.92 bits per heavy atom. The van der Waals surface area contributed by atoms with E-state index in [1.807, 2.05) is 24.3 Å². The smallest absolute Gasteiger partial charge is 0.118 e. The monoisotopic (exact) mass is 163 g/mol. The lowest BCUT2D eigenvalue weighted by molar-refractivity contribution is 0.414. The summed E-state index contributed by atoms with van der Waals surface area (Å²) in [5.41, 5.74) is 10.2. The van der Waals surface area contributed by atoms with E-state index in [9.17, 15) is 0 Å². The zero-order valence-electron chi connectivity index (χ0n) is 7.45. The minimum atomic E-state index is -0.279. The molecule has 64 valence electrons. The van der Waals surface area contributed by atoms with Gasteiger partial charge in [0.1, 0.15) is 5.75 Å². The van der Waals surface area contributed by atoms with E-state index >= 15 is 0 Å². The van der Waals surface area contributed by atoms with E-state index in [1.54, 1.807) is 14.0 Å². The molecule has 1 unspecified atom stereocenters. The normalized spacial score (nSPS) is 12.6. The van der Waals surface area contributed by atoms with E-state index in [0.717, 1.165) is 11.3 Å². The fourth-order valence-electron chi connectivity index (χ4n) is 1.10. The Labute approximate surface area is 73.3 Å². The SMILES string of the molecule is COc1ccc(CC(C)[N])cc1. The molecule has 2 radical (unpaired) electrons. The van der Waals surface area contributed by atoms with Crippen molar-refractivity contribution < 1.29 is 4.74 Å². The molecule has 1 rings (SSSR count). The summed E-state index contributed by atoms with van der Waals surface area (Å²) in [6, 6.07) is 7.45. The van der Waals surface area contributed by atoms with Crippen LogP contribution in [0.15, 0.2) is 24.3 Å². The first kappa shape index (κ1) is 9.07. The second kappa shape index (κ2) is 4.12. The van der Waals surface area contributed by atoms with E-state index in [4.69, 9.17) is 10.5 Å². The Bertz CT molecular complexity index is 228. The van der Waals surface area contributed by atoms with Crippen molar-refractivity contribution in [2.75, 3.05) is 7.11 Å². The topological polar surface area (TPSA) is 31.5 Å². The van der Waals surface area contributed by atoms with Crippen LogP contribution in [0, 0.1) is 0 Å². The van der Waals surface area contributed by atoms with Gasteiger partial charge >= 0.3 is 0 Å². The van der Waals surface area contributed by atoms with Gasteiger partial charge in [0, 0.05) is 6.04 Å². The van der Waals surface area contributed by atoms with Crippen LogP contribution in [0.1, 0.15) is 12.5 Å². The number of benzene rings is 1. The van der Waals surface area contributed by atoms with Crippen molar-refractivity contribution in [3.05, 3.63) is 29.8 Å². The van der Waals surface area contributed by atoms with Gasteiger partial charge in [0.2, 0.25) is 0 Å². The Balaban J connectivity index is 2.65. The van der Waals surface area contributed by atoms with Crippen LogP contribution in [0.25, 0.3) is 0 Å². The first-order valence-electron chi connectivity index (χ1n) is 4.03. The van der Waals surface area contributed by atoms with Crippen molar-refractivity contribution in [2.45, 2.75) is 19.4 Å². The summed E-state index contributed by atoms with van der Waals surface area (Å²) < 4.78 is 5.01. The molecule has 0 aliphatic heterocycles. The Kier molecular flexibility index (Phi) is 3.11. The molecule has 0 heterocycles. The summed E-state index contributed by atoms with van der Waals surface area (Å²) in [5, 5.41) is 0. The zero-order chi connectivity index (χ0) is 8.97. The quantitative estimate of drug-likeness (QED) is 0.667. The first-order chi connectivity index (χ1) is 5.72. The highest BCUT2D eigenvalue weighted by molar-refractivity contribution is 5.27. The number of hydrogen-bond donors (Lipinski definition) is 0. The average Bonchev–Trinajstić information content (AvgIpc) is 2.05. The first-order valence-corrected chi connectivity index (χ1v) is 4.03. The van der Waals surface area contributed by atoms with Gasteiger partial charge in [-0.05, 0) is 31.0 Å². The number of rotatable bonds is 3. The van der Waals surface area contributed by atoms with Crippen molar-refractivity contribution in [2.24, 2.45) is 0 Å². The summed E-state index contributed by atoms with van der Waals surface area (Å²) in [6.45, 7) is 1.78. The molecule has 0 fully saturated rings. The Morgan fingerprint density at radius 3 is 2.33 bits per heavy atom. The van der Waals surface area contributed by atoms with Crippen LogP contribution >= 0.6 is 0 Å². The van der Waals surface area contributed by atoms with E-state index < -0.39 is 0 Å². The zero-order valence-corrected chi connectivity index (χ0v) is 7.45. The summed E-state index contributed by atoms with van der Waals surface area (Å²) in [7, 11) is 1.64. The molecule has 0 saturated heterocycles. The molecule has 12 heavy (non-hydrogen) atoms. The van der Waals surface area contributed by atoms with Gasteiger partial charge in [-0.3, -0.25) is 0 Å². The minimum absolute atomic E-state index is 0.279. The van der Waals surface area contributed by atoms with Crippen LogP contribution in [0.5, 0.6) is 5.75 Å². The minimum Gasteiger partial charge on any atom is -0.497 e. The van der Waals surface area contributed by atoms with Crippen LogP contribution in [0.2, 0.25) is 0 Å². The average molecular weight is 163 g/mol. The molecule has 0 aliphatic carbocycles. The van der Waals surface area contributed by atoms with Crippen molar-refractivity contribution in [1.82, 2.24) is 5.73 Å². The van der Waals surface area contributed by atoms with Crippen molar-refractivity contribution in [3.8, 4) is 5.75 Å². The van der Waals surface area contributed by atoms with Gasteiger partial charge in [0.25, 0.3) is 0 Å². The molecular weight excluding hydrogens is 150 g/mol. The van der Waals surface area contributed by atoms with E-state index in [1.165, 1.54) is 0 Å². The van der Waals surface area contributed by atoms with Gasteiger partial charge in [0.15, 0.2) is 0 Å². The molecule has 1 aromatic rings. The van der Waals surface area contributed by atoms with E-state index in [0.29, 0.717) is 6.42 Å². The fourth-order valence-corrected chi connectivity index (χ4v) is 1.10. The Hall–Kier alpha value is -1.02. The summed E-state index contributed by atoms with van der Waals surface area (Å²) >= 11 is 0. The standard InChI is InChI=1S/C10H13NO/c1-8(11)7-9-3-5-10(12-2)6-4-9/h3-6,8H,7H2,1-2H3. The molecule has 0 aromatic heterocycles. The number of nitrogens with zero attached hydrogens (tertiary/aromatic N) is 1. The molecule has 2 heteroatoms. The van der Waals surface area contributed by atoms with E-state index in [-0.39, 0.29) is 6.04 Å². The fraction of sp³-hybridized carbons (Fsp3) is 0.400. The maximum absolute atomic E-state index is 9.10. The van der Waals surface area contributed by atoms with Crippen molar-refractivity contribution in [1.29, 1.82) is 0 Å². The molecule has 0 spiro atoms.